The normalized spacial score (nSPS) is 15.0. The number of fused-ring (bicyclic) bond motifs is 1. The molecule has 0 atom stereocenters. The predicted molar refractivity (Wildman–Crippen MR) is 55.9 cm³/mol. The standard InChI is InChI=1S/C11H12ClNO/c1-7(14)9-6-8-4-2-3-5-10(8)13-11(9)12/h6H,2-5H2,1H3. The summed E-state index contributed by atoms with van der Waals surface area (Å²) in [6.45, 7) is 1.53. The van der Waals surface area contributed by atoms with Gasteiger partial charge in [0.15, 0.2) is 5.78 Å². The SMILES string of the molecule is CC(=O)c1cc2c(nc1Cl)CCCC2. The molecule has 1 heterocycles. The maximum Gasteiger partial charge on any atom is 0.162 e. The third-order valence-corrected chi connectivity index (χ3v) is 2.92. The number of carbonyl (C=O) groups excluding carboxylic acids is 1. The molecule has 0 bridgehead atoms. The van der Waals surface area contributed by atoms with E-state index in [2.05, 4.69) is 4.98 Å². The van der Waals surface area contributed by atoms with Crippen LogP contribution in [0, 0.1) is 0 Å². The van der Waals surface area contributed by atoms with Crippen molar-refractivity contribution in [1.29, 1.82) is 0 Å². The van der Waals surface area contributed by atoms with E-state index in [0.717, 1.165) is 18.5 Å². The Balaban J connectivity index is 2.50. The number of hydrogen-bond acceptors (Lipinski definition) is 2. The topological polar surface area (TPSA) is 30.0 Å². The van der Waals surface area contributed by atoms with E-state index < -0.39 is 0 Å². The lowest BCUT2D eigenvalue weighted by Crippen LogP contribution is -2.08. The number of aromatic nitrogens is 1. The number of nitrogens with zero attached hydrogens (tertiary/aromatic N) is 1. The zero-order valence-electron chi connectivity index (χ0n) is 8.14. The Kier molecular flexibility index (Phi) is 2.55. The summed E-state index contributed by atoms with van der Waals surface area (Å²) >= 11 is 5.92. The summed E-state index contributed by atoms with van der Waals surface area (Å²) in [7, 11) is 0. The third kappa shape index (κ3) is 1.67. The number of pyridine rings is 1. The van der Waals surface area contributed by atoms with Crippen molar-refractivity contribution < 1.29 is 4.79 Å². The van der Waals surface area contributed by atoms with E-state index in [0.29, 0.717) is 10.7 Å². The van der Waals surface area contributed by atoms with Gasteiger partial charge in [-0.15, -0.1) is 0 Å². The molecule has 0 N–H and O–H groups in total. The minimum atomic E-state index is -0.00382. The van der Waals surface area contributed by atoms with Gasteiger partial charge in [0.2, 0.25) is 0 Å². The van der Waals surface area contributed by atoms with Crippen LogP contribution in [0.15, 0.2) is 6.07 Å². The fraction of sp³-hybridized carbons (Fsp3) is 0.455. The molecule has 0 saturated carbocycles. The summed E-state index contributed by atoms with van der Waals surface area (Å²) in [4.78, 5) is 15.5. The van der Waals surface area contributed by atoms with Crippen molar-refractivity contribution in [3.05, 3.63) is 28.0 Å². The van der Waals surface area contributed by atoms with Gasteiger partial charge in [0, 0.05) is 5.69 Å². The summed E-state index contributed by atoms with van der Waals surface area (Å²) in [5, 5.41) is 0.359. The molecule has 0 fully saturated rings. The molecule has 3 heteroatoms. The van der Waals surface area contributed by atoms with Crippen molar-refractivity contribution >= 4 is 17.4 Å². The van der Waals surface area contributed by atoms with Gasteiger partial charge >= 0.3 is 0 Å². The Morgan fingerprint density at radius 2 is 2.14 bits per heavy atom. The van der Waals surface area contributed by atoms with Gasteiger partial charge in [-0.3, -0.25) is 4.79 Å². The summed E-state index contributed by atoms with van der Waals surface area (Å²) < 4.78 is 0. The zero-order chi connectivity index (χ0) is 10.1. The second kappa shape index (κ2) is 3.70. The first-order chi connectivity index (χ1) is 6.68. The van der Waals surface area contributed by atoms with E-state index in [9.17, 15) is 4.79 Å². The van der Waals surface area contributed by atoms with E-state index in [4.69, 9.17) is 11.6 Å². The molecule has 2 rings (SSSR count). The zero-order valence-corrected chi connectivity index (χ0v) is 8.90. The molecule has 0 radical (unpaired) electrons. The molecular formula is C11H12ClNO. The number of carbonyl (C=O) groups is 1. The predicted octanol–water partition coefficient (Wildman–Crippen LogP) is 2.82. The van der Waals surface area contributed by atoms with Gasteiger partial charge in [0.05, 0.1) is 5.56 Å². The Hall–Kier alpha value is -0.890. The molecule has 74 valence electrons. The molecule has 0 amide bonds. The van der Waals surface area contributed by atoms with E-state index in [1.54, 1.807) is 0 Å². The van der Waals surface area contributed by atoms with E-state index in [-0.39, 0.29) is 5.78 Å². The largest absolute Gasteiger partial charge is 0.294 e. The Labute approximate surface area is 88.3 Å². The van der Waals surface area contributed by atoms with Crippen LogP contribution < -0.4 is 0 Å². The van der Waals surface area contributed by atoms with Crippen LogP contribution in [-0.4, -0.2) is 10.8 Å². The van der Waals surface area contributed by atoms with Crippen LogP contribution in [-0.2, 0) is 12.8 Å². The summed E-state index contributed by atoms with van der Waals surface area (Å²) in [5.41, 5.74) is 2.84. The van der Waals surface area contributed by atoms with Gasteiger partial charge in [0.1, 0.15) is 5.15 Å². The van der Waals surface area contributed by atoms with E-state index in [1.165, 1.54) is 25.3 Å². The first-order valence-electron chi connectivity index (χ1n) is 4.87. The number of Topliss-reactive ketones (excluding diaryl/α,β-unsaturated/α-hetero) is 1. The number of halogens is 1. The smallest absolute Gasteiger partial charge is 0.162 e. The van der Waals surface area contributed by atoms with Gasteiger partial charge in [-0.05, 0) is 44.2 Å². The number of aryl methyl sites for hydroxylation is 2. The first-order valence-corrected chi connectivity index (χ1v) is 5.25. The highest BCUT2D eigenvalue weighted by molar-refractivity contribution is 6.32. The average molecular weight is 210 g/mol. The Bertz CT molecular complexity index is 387. The highest BCUT2D eigenvalue weighted by atomic mass is 35.5. The first kappa shape index (κ1) is 9.66. The molecule has 0 aliphatic heterocycles. The van der Waals surface area contributed by atoms with Gasteiger partial charge in [-0.2, -0.15) is 0 Å². The van der Waals surface area contributed by atoms with Crippen LogP contribution in [0.2, 0.25) is 5.15 Å². The van der Waals surface area contributed by atoms with Crippen molar-refractivity contribution in [2.75, 3.05) is 0 Å². The maximum atomic E-state index is 11.2. The van der Waals surface area contributed by atoms with Crippen molar-refractivity contribution in [3.63, 3.8) is 0 Å². The minimum absolute atomic E-state index is 0.00382. The number of hydrogen-bond donors (Lipinski definition) is 0. The molecule has 1 aromatic rings. The molecule has 1 aromatic heterocycles. The van der Waals surface area contributed by atoms with Gasteiger partial charge in [0.25, 0.3) is 0 Å². The molecule has 0 aromatic carbocycles. The van der Waals surface area contributed by atoms with Crippen LogP contribution >= 0.6 is 11.6 Å². The molecule has 0 spiro atoms. The van der Waals surface area contributed by atoms with Gasteiger partial charge in [-0.1, -0.05) is 11.6 Å². The average Bonchev–Trinajstić information content (AvgIpc) is 2.16. The fourth-order valence-electron chi connectivity index (χ4n) is 1.86. The molecule has 1 aliphatic rings. The molecule has 1 aliphatic carbocycles. The molecule has 0 saturated heterocycles. The molecule has 14 heavy (non-hydrogen) atoms. The lowest BCUT2D eigenvalue weighted by molar-refractivity contribution is 0.101. The minimum Gasteiger partial charge on any atom is -0.294 e. The molecule has 2 nitrogen and oxygen atoms in total. The second-order valence-electron chi connectivity index (χ2n) is 3.70. The molecular weight excluding hydrogens is 198 g/mol. The van der Waals surface area contributed by atoms with Crippen molar-refractivity contribution in [2.24, 2.45) is 0 Å². The van der Waals surface area contributed by atoms with Crippen LogP contribution in [0.5, 0.6) is 0 Å². The molecule has 0 unspecified atom stereocenters. The Morgan fingerprint density at radius 1 is 1.43 bits per heavy atom. The van der Waals surface area contributed by atoms with Crippen molar-refractivity contribution in [1.82, 2.24) is 4.98 Å². The van der Waals surface area contributed by atoms with Crippen LogP contribution in [0.3, 0.4) is 0 Å². The fourth-order valence-corrected chi connectivity index (χ4v) is 2.14. The maximum absolute atomic E-state index is 11.2. The summed E-state index contributed by atoms with van der Waals surface area (Å²) in [6, 6.07) is 1.91. The highest BCUT2D eigenvalue weighted by Crippen LogP contribution is 2.24. The van der Waals surface area contributed by atoms with Crippen LogP contribution in [0.1, 0.15) is 41.4 Å². The quantitative estimate of drug-likeness (QED) is 0.526. The highest BCUT2D eigenvalue weighted by Gasteiger charge is 2.15. The summed E-state index contributed by atoms with van der Waals surface area (Å²) in [5.74, 6) is -0.00382. The van der Waals surface area contributed by atoms with Crippen LogP contribution in [0.4, 0.5) is 0 Å². The number of rotatable bonds is 1. The van der Waals surface area contributed by atoms with Crippen molar-refractivity contribution in [3.8, 4) is 0 Å². The summed E-state index contributed by atoms with van der Waals surface area (Å²) in [6.07, 6.45) is 4.39. The monoisotopic (exact) mass is 209 g/mol. The lowest BCUT2D eigenvalue weighted by atomic mass is 9.94. The van der Waals surface area contributed by atoms with Crippen molar-refractivity contribution in [2.45, 2.75) is 32.6 Å². The van der Waals surface area contributed by atoms with E-state index in [1.807, 2.05) is 6.07 Å². The number of ketones is 1. The van der Waals surface area contributed by atoms with Crippen LogP contribution in [0.25, 0.3) is 0 Å². The third-order valence-electron chi connectivity index (χ3n) is 2.63. The van der Waals surface area contributed by atoms with Gasteiger partial charge in [-0.25, -0.2) is 4.98 Å². The second-order valence-corrected chi connectivity index (χ2v) is 4.05. The van der Waals surface area contributed by atoms with Gasteiger partial charge < -0.3 is 0 Å². The Morgan fingerprint density at radius 3 is 2.86 bits per heavy atom. The lowest BCUT2D eigenvalue weighted by Gasteiger charge is -2.15. The van der Waals surface area contributed by atoms with E-state index >= 15 is 0 Å².